The van der Waals surface area contributed by atoms with Crippen LogP contribution in [-0.2, 0) is 20.8 Å². The summed E-state index contributed by atoms with van der Waals surface area (Å²) in [5, 5.41) is 0. The molecule has 0 radical (unpaired) electrons. The quantitative estimate of drug-likeness (QED) is 0.628. The lowest BCUT2D eigenvalue weighted by Crippen LogP contribution is -2.33. The summed E-state index contributed by atoms with van der Waals surface area (Å²) >= 11 is 0. The van der Waals surface area contributed by atoms with E-state index in [4.69, 9.17) is 4.74 Å². The van der Waals surface area contributed by atoms with Gasteiger partial charge in [-0.2, -0.15) is 0 Å². The molecule has 0 saturated carbocycles. The Morgan fingerprint density at radius 1 is 1.26 bits per heavy atom. The molecule has 0 saturated heterocycles. The van der Waals surface area contributed by atoms with Gasteiger partial charge in [-0.25, -0.2) is 9.59 Å². The van der Waals surface area contributed by atoms with E-state index in [2.05, 4.69) is 4.74 Å². The first-order valence-electron chi connectivity index (χ1n) is 7.42. The van der Waals surface area contributed by atoms with Crippen molar-refractivity contribution in [2.45, 2.75) is 39.8 Å². The minimum absolute atomic E-state index is 0.360. The third-order valence-electron chi connectivity index (χ3n) is 2.97. The number of rotatable bonds is 4. The minimum Gasteiger partial charge on any atom is -0.466 e. The molecule has 1 amide bonds. The van der Waals surface area contributed by atoms with Crippen molar-refractivity contribution in [2.24, 2.45) is 0 Å². The Morgan fingerprint density at radius 2 is 1.91 bits per heavy atom. The highest BCUT2D eigenvalue weighted by molar-refractivity contribution is 5.92. The van der Waals surface area contributed by atoms with Crippen molar-refractivity contribution in [3.05, 3.63) is 41.0 Å². The van der Waals surface area contributed by atoms with Crippen molar-refractivity contribution in [3.63, 3.8) is 0 Å². The van der Waals surface area contributed by atoms with E-state index >= 15 is 0 Å². The Balaban J connectivity index is 2.81. The molecule has 23 heavy (non-hydrogen) atoms. The number of hydrogen-bond acceptors (Lipinski definition) is 4. The maximum Gasteiger partial charge on any atom is 0.410 e. The van der Waals surface area contributed by atoms with Crippen LogP contribution in [0.25, 0.3) is 6.08 Å². The summed E-state index contributed by atoms with van der Waals surface area (Å²) in [4.78, 5) is 24.9. The average molecular weight is 319 g/mol. The number of nitrogens with zero attached hydrogens (tertiary/aromatic N) is 1. The van der Waals surface area contributed by atoms with Crippen LogP contribution >= 0.6 is 0 Å². The number of benzene rings is 1. The van der Waals surface area contributed by atoms with Crippen LogP contribution in [0.15, 0.2) is 29.8 Å². The molecule has 126 valence electrons. The summed E-state index contributed by atoms with van der Waals surface area (Å²) < 4.78 is 10.0. The van der Waals surface area contributed by atoms with Gasteiger partial charge in [-0.05, 0) is 51.0 Å². The largest absolute Gasteiger partial charge is 0.466 e. The first kappa shape index (κ1) is 18.7. The molecule has 0 atom stereocenters. The summed E-state index contributed by atoms with van der Waals surface area (Å²) in [5.74, 6) is -0.360. The Morgan fingerprint density at radius 3 is 2.48 bits per heavy atom. The van der Waals surface area contributed by atoms with Gasteiger partial charge in [0.25, 0.3) is 0 Å². The Bertz CT molecular complexity index is 599. The van der Waals surface area contributed by atoms with Gasteiger partial charge < -0.3 is 14.4 Å². The summed E-state index contributed by atoms with van der Waals surface area (Å²) in [7, 11) is 3.04. The Hall–Kier alpha value is -2.30. The van der Waals surface area contributed by atoms with E-state index in [1.807, 2.05) is 45.0 Å². The lowest BCUT2D eigenvalue weighted by Gasteiger charge is -2.24. The number of carbonyl (C=O) groups is 2. The SMILES string of the molecule is COC(=O)C(C)=Cc1cccc(CN(C)C(=O)OC(C)(C)C)c1. The van der Waals surface area contributed by atoms with E-state index < -0.39 is 5.60 Å². The number of amides is 1. The highest BCUT2D eigenvalue weighted by Gasteiger charge is 2.19. The minimum atomic E-state index is -0.520. The zero-order chi connectivity index (χ0) is 17.6. The van der Waals surface area contributed by atoms with Crippen molar-refractivity contribution in [2.75, 3.05) is 14.2 Å². The second-order valence-corrected chi connectivity index (χ2v) is 6.40. The zero-order valence-electron chi connectivity index (χ0n) is 14.7. The van der Waals surface area contributed by atoms with Crippen LogP contribution in [0.2, 0.25) is 0 Å². The number of hydrogen-bond donors (Lipinski definition) is 0. The fourth-order valence-corrected chi connectivity index (χ4v) is 1.93. The molecule has 5 heteroatoms. The topological polar surface area (TPSA) is 55.8 Å². The van der Waals surface area contributed by atoms with Gasteiger partial charge >= 0.3 is 12.1 Å². The second-order valence-electron chi connectivity index (χ2n) is 6.40. The molecule has 1 aromatic carbocycles. The summed E-state index contributed by atoms with van der Waals surface area (Å²) in [6.45, 7) is 7.62. The molecule has 0 spiro atoms. The monoisotopic (exact) mass is 319 g/mol. The molecule has 0 fully saturated rings. The van der Waals surface area contributed by atoms with Crippen LogP contribution < -0.4 is 0 Å². The predicted molar refractivity (Wildman–Crippen MR) is 89.8 cm³/mol. The number of carbonyl (C=O) groups excluding carboxylic acids is 2. The lowest BCUT2D eigenvalue weighted by molar-refractivity contribution is -0.135. The van der Waals surface area contributed by atoms with Crippen molar-refractivity contribution in [1.29, 1.82) is 0 Å². The fourth-order valence-electron chi connectivity index (χ4n) is 1.93. The molecule has 0 aliphatic heterocycles. The van der Waals surface area contributed by atoms with Crippen molar-refractivity contribution >= 4 is 18.1 Å². The van der Waals surface area contributed by atoms with Crippen LogP contribution in [0.1, 0.15) is 38.8 Å². The molecule has 0 unspecified atom stereocenters. The van der Waals surface area contributed by atoms with Crippen molar-refractivity contribution < 1.29 is 19.1 Å². The molecular formula is C18H25NO4. The highest BCUT2D eigenvalue weighted by atomic mass is 16.6. The van der Waals surface area contributed by atoms with Gasteiger partial charge in [0.15, 0.2) is 0 Å². The first-order chi connectivity index (χ1) is 10.6. The van der Waals surface area contributed by atoms with E-state index in [1.54, 1.807) is 20.0 Å². The predicted octanol–water partition coefficient (Wildman–Crippen LogP) is 3.63. The van der Waals surface area contributed by atoms with Crippen LogP contribution in [0, 0.1) is 0 Å². The third-order valence-corrected chi connectivity index (χ3v) is 2.97. The highest BCUT2D eigenvalue weighted by Crippen LogP contribution is 2.14. The van der Waals surface area contributed by atoms with E-state index in [9.17, 15) is 9.59 Å². The number of methoxy groups -OCH3 is 1. The summed E-state index contributed by atoms with van der Waals surface area (Å²) in [6, 6.07) is 7.62. The lowest BCUT2D eigenvalue weighted by atomic mass is 10.1. The Kier molecular flexibility index (Phi) is 6.37. The molecule has 0 aliphatic rings. The van der Waals surface area contributed by atoms with Crippen LogP contribution in [0.4, 0.5) is 4.79 Å². The molecule has 1 rings (SSSR count). The van der Waals surface area contributed by atoms with E-state index in [0.29, 0.717) is 12.1 Å². The maximum atomic E-state index is 12.0. The second kappa shape index (κ2) is 7.81. The smallest absolute Gasteiger partial charge is 0.410 e. The maximum absolute atomic E-state index is 12.0. The molecule has 0 aliphatic carbocycles. The van der Waals surface area contributed by atoms with E-state index in [1.165, 1.54) is 12.0 Å². The zero-order valence-corrected chi connectivity index (χ0v) is 14.7. The van der Waals surface area contributed by atoms with Gasteiger partial charge in [-0.3, -0.25) is 0 Å². The van der Waals surface area contributed by atoms with Gasteiger partial charge in [0.05, 0.1) is 7.11 Å². The normalized spacial score (nSPS) is 11.8. The molecular weight excluding hydrogens is 294 g/mol. The number of ether oxygens (including phenoxy) is 2. The molecule has 0 heterocycles. The van der Waals surface area contributed by atoms with E-state index in [-0.39, 0.29) is 12.1 Å². The van der Waals surface area contributed by atoms with Gasteiger partial charge in [0.1, 0.15) is 5.60 Å². The molecule has 0 N–H and O–H groups in total. The summed E-state index contributed by atoms with van der Waals surface area (Å²) in [6.07, 6.45) is 1.38. The first-order valence-corrected chi connectivity index (χ1v) is 7.42. The molecule has 1 aromatic rings. The van der Waals surface area contributed by atoms with Crippen molar-refractivity contribution in [1.82, 2.24) is 4.90 Å². The molecule has 5 nitrogen and oxygen atoms in total. The molecule has 0 aromatic heterocycles. The van der Waals surface area contributed by atoms with Gasteiger partial charge in [0, 0.05) is 19.2 Å². The Labute approximate surface area is 137 Å². The molecule has 0 bridgehead atoms. The average Bonchev–Trinajstić information content (AvgIpc) is 2.44. The van der Waals surface area contributed by atoms with Crippen LogP contribution in [0.3, 0.4) is 0 Å². The standard InChI is InChI=1S/C18H25NO4/c1-13(16(20)22-6)10-14-8-7-9-15(11-14)12-19(5)17(21)23-18(2,3)4/h7-11H,12H2,1-6H3. The van der Waals surface area contributed by atoms with Crippen molar-refractivity contribution in [3.8, 4) is 0 Å². The van der Waals surface area contributed by atoms with Gasteiger partial charge in [0.2, 0.25) is 0 Å². The fraction of sp³-hybridized carbons (Fsp3) is 0.444. The van der Waals surface area contributed by atoms with Crippen LogP contribution in [-0.4, -0.2) is 36.7 Å². The van der Waals surface area contributed by atoms with E-state index in [0.717, 1.165) is 11.1 Å². The van der Waals surface area contributed by atoms with Gasteiger partial charge in [-0.1, -0.05) is 18.2 Å². The summed E-state index contributed by atoms with van der Waals surface area (Å²) in [5.41, 5.74) is 1.83. The van der Waals surface area contributed by atoms with Crippen LogP contribution in [0.5, 0.6) is 0 Å². The van der Waals surface area contributed by atoms with Gasteiger partial charge in [-0.15, -0.1) is 0 Å². The number of esters is 1. The third kappa shape index (κ3) is 6.55.